The van der Waals surface area contributed by atoms with Crippen molar-refractivity contribution in [3.05, 3.63) is 96.1 Å². The highest BCUT2D eigenvalue weighted by Crippen LogP contribution is 2.32. The summed E-state index contributed by atoms with van der Waals surface area (Å²) in [6.07, 6.45) is 9.21. The second-order valence-corrected chi connectivity index (χ2v) is 10.7. The van der Waals surface area contributed by atoms with E-state index in [0.29, 0.717) is 29.5 Å². The first-order valence-electron chi connectivity index (χ1n) is 14.1. The largest absolute Gasteiger partial charge is 0.437 e. The van der Waals surface area contributed by atoms with Gasteiger partial charge in [0.05, 0.1) is 12.5 Å². The van der Waals surface area contributed by atoms with Crippen LogP contribution in [-0.2, 0) is 16.8 Å². The first kappa shape index (κ1) is 27.5. The molecule has 3 N–H and O–H groups in total. The molecule has 2 unspecified atom stereocenters. The smallest absolute Gasteiger partial charge is 0.251 e. The minimum atomic E-state index is -1.51. The summed E-state index contributed by atoms with van der Waals surface area (Å²) < 4.78 is 5.98. The zero-order valence-electron chi connectivity index (χ0n) is 22.6. The molecule has 0 aliphatic heterocycles. The van der Waals surface area contributed by atoms with Crippen LogP contribution in [0.5, 0.6) is 0 Å². The molecule has 208 valence electrons. The zero-order valence-corrected chi connectivity index (χ0v) is 22.6. The number of carbonyl (C=O) groups is 2. The van der Waals surface area contributed by atoms with Crippen LogP contribution in [-0.4, -0.2) is 40.0 Å². The number of hydrogen-bond donors (Lipinski definition) is 3. The summed E-state index contributed by atoms with van der Waals surface area (Å²) in [5.41, 5.74) is 1.30. The second-order valence-electron chi connectivity index (χ2n) is 10.7. The Kier molecular flexibility index (Phi) is 8.86. The maximum absolute atomic E-state index is 13.7. The van der Waals surface area contributed by atoms with Crippen LogP contribution in [0.15, 0.2) is 83.5 Å². The molecule has 2 amide bonds. The molecule has 1 aliphatic rings. The van der Waals surface area contributed by atoms with Crippen LogP contribution < -0.4 is 10.6 Å². The lowest BCUT2D eigenvalue weighted by Crippen LogP contribution is -2.47. The number of benzene rings is 2. The Morgan fingerprint density at radius 1 is 0.950 bits per heavy atom. The number of aryl methyl sites for hydroxylation is 1. The molecule has 2 atom stereocenters. The van der Waals surface area contributed by atoms with Gasteiger partial charge >= 0.3 is 0 Å². The molecule has 8 heteroatoms. The Labute approximate surface area is 234 Å². The number of aliphatic hydroxyl groups is 1. The van der Waals surface area contributed by atoms with Crippen LogP contribution in [0.3, 0.4) is 0 Å². The fourth-order valence-electron chi connectivity index (χ4n) is 5.52. The fourth-order valence-corrected chi connectivity index (χ4v) is 5.52. The Morgan fingerprint density at radius 3 is 2.42 bits per heavy atom. The van der Waals surface area contributed by atoms with Crippen LogP contribution in [0.4, 0.5) is 0 Å². The Hall–Kier alpha value is -4.04. The number of rotatable bonds is 11. The van der Waals surface area contributed by atoms with Gasteiger partial charge in [-0.25, -0.2) is 4.98 Å². The standard InChI is InChI=1S/C32H36N4O4/c37-29(25-16-19-33-20-17-25)34-21-26(24-11-5-2-6-12-24)30(38)35-22-32(39,18-15-23-9-3-1-4-10-23)31-36-27-13-7-8-14-28(27)40-31/h1,3-4,7-10,13-14,16-17,19-20,24,26,39H,2,5-6,11-12,15,18,21-22H2,(H,34,37)(H,35,38). The van der Waals surface area contributed by atoms with Crippen LogP contribution in [0.2, 0.25) is 0 Å². The van der Waals surface area contributed by atoms with E-state index in [1.165, 1.54) is 0 Å². The van der Waals surface area contributed by atoms with Gasteiger partial charge in [0.2, 0.25) is 11.8 Å². The predicted molar refractivity (Wildman–Crippen MR) is 152 cm³/mol. The van der Waals surface area contributed by atoms with Crippen molar-refractivity contribution in [2.75, 3.05) is 13.1 Å². The molecular formula is C32H36N4O4. The van der Waals surface area contributed by atoms with Gasteiger partial charge in [-0.3, -0.25) is 14.6 Å². The number of oxazole rings is 1. The third kappa shape index (κ3) is 6.74. The average molecular weight is 541 g/mol. The van der Waals surface area contributed by atoms with Crippen LogP contribution in [0, 0.1) is 11.8 Å². The molecule has 2 aromatic carbocycles. The summed E-state index contributed by atoms with van der Waals surface area (Å²) in [5, 5.41) is 17.9. The van der Waals surface area contributed by atoms with E-state index in [1.54, 1.807) is 24.5 Å². The van der Waals surface area contributed by atoms with Gasteiger partial charge in [-0.15, -0.1) is 0 Å². The molecule has 1 aliphatic carbocycles. The molecule has 0 spiro atoms. The van der Waals surface area contributed by atoms with Gasteiger partial charge in [0.25, 0.3) is 5.91 Å². The van der Waals surface area contributed by atoms with Gasteiger partial charge in [-0.1, -0.05) is 61.7 Å². The van der Waals surface area contributed by atoms with Crippen LogP contribution in [0.25, 0.3) is 11.1 Å². The molecule has 1 fully saturated rings. The summed E-state index contributed by atoms with van der Waals surface area (Å²) in [4.78, 5) is 34.9. The summed E-state index contributed by atoms with van der Waals surface area (Å²) in [6, 6.07) is 20.6. The maximum atomic E-state index is 13.7. The van der Waals surface area contributed by atoms with E-state index in [9.17, 15) is 14.7 Å². The molecule has 0 saturated heterocycles. The van der Waals surface area contributed by atoms with Gasteiger partial charge < -0.3 is 20.2 Å². The number of para-hydroxylation sites is 2. The monoisotopic (exact) mass is 540 g/mol. The molecule has 1 saturated carbocycles. The van der Waals surface area contributed by atoms with Crippen molar-refractivity contribution >= 4 is 22.9 Å². The highest BCUT2D eigenvalue weighted by molar-refractivity contribution is 5.94. The maximum Gasteiger partial charge on any atom is 0.251 e. The number of amides is 2. The molecule has 0 bridgehead atoms. The Morgan fingerprint density at radius 2 is 1.68 bits per heavy atom. The van der Waals surface area contributed by atoms with Gasteiger partial charge in [0, 0.05) is 24.5 Å². The van der Waals surface area contributed by atoms with E-state index in [0.717, 1.165) is 37.7 Å². The van der Waals surface area contributed by atoms with E-state index in [4.69, 9.17) is 4.42 Å². The molecular weight excluding hydrogens is 504 g/mol. The summed E-state index contributed by atoms with van der Waals surface area (Å²) in [6.45, 7) is 0.177. The van der Waals surface area contributed by atoms with Gasteiger partial charge in [-0.2, -0.15) is 0 Å². The number of nitrogens with one attached hydrogen (secondary N) is 2. The first-order chi connectivity index (χ1) is 19.5. The highest BCUT2D eigenvalue weighted by atomic mass is 16.4. The third-order valence-corrected chi connectivity index (χ3v) is 7.90. The number of aromatic nitrogens is 2. The Bertz CT molecular complexity index is 1370. The summed E-state index contributed by atoms with van der Waals surface area (Å²) >= 11 is 0. The molecule has 40 heavy (non-hydrogen) atoms. The number of pyridine rings is 1. The van der Waals surface area contributed by atoms with E-state index in [-0.39, 0.29) is 36.7 Å². The van der Waals surface area contributed by atoms with E-state index in [1.807, 2.05) is 54.6 Å². The fraction of sp³-hybridized carbons (Fsp3) is 0.375. The minimum Gasteiger partial charge on any atom is -0.437 e. The van der Waals surface area contributed by atoms with Gasteiger partial charge in [0.1, 0.15) is 5.52 Å². The number of carbonyl (C=O) groups excluding carboxylic acids is 2. The summed E-state index contributed by atoms with van der Waals surface area (Å²) in [7, 11) is 0. The van der Waals surface area contributed by atoms with Crippen molar-refractivity contribution in [3.63, 3.8) is 0 Å². The van der Waals surface area contributed by atoms with Gasteiger partial charge in [0.15, 0.2) is 11.2 Å². The van der Waals surface area contributed by atoms with Crippen molar-refractivity contribution in [3.8, 4) is 0 Å². The molecule has 2 aromatic heterocycles. The lowest BCUT2D eigenvalue weighted by atomic mass is 9.79. The number of fused-ring (bicyclic) bond motifs is 1. The average Bonchev–Trinajstić information content (AvgIpc) is 3.46. The van der Waals surface area contributed by atoms with Crippen molar-refractivity contribution < 1.29 is 19.1 Å². The van der Waals surface area contributed by atoms with Crippen molar-refractivity contribution in [1.82, 2.24) is 20.6 Å². The SMILES string of the molecule is O=C(NCC(C(=O)NCC(O)(CCc1ccccc1)c1nc2ccccc2o1)C1CCCCC1)c1ccncc1. The lowest BCUT2D eigenvalue weighted by molar-refractivity contribution is -0.128. The Balaban J connectivity index is 1.32. The predicted octanol–water partition coefficient (Wildman–Crippen LogP) is 4.79. The van der Waals surface area contributed by atoms with Gasteiger partial charge in [-0.05, 0) is 61.4 Å². The van der Waals surface area contributed by atoms with E-state index >= 15 is 0 Å². The second kappa shape index (κ2) is 12.9. The summed E-state index contributed by atoms with van der Waals surface area (Å²) in [5.74, 6) is -0.482. The van der Waals surface area contributed by atoms with E-state index < -0.39 is 11.5 Å². The third-order valence-electron chi connectivity index (χ3n) is 7.90. The molecule has 8 nitrogen and oxygen atoms in total. The number of hydrogen-bond acceptors (Lipinski definition) is 6. The van der Waals surface area contributed by atoms with Crippen molar-refractivity contribution in [2.24, 2.45) is 11.8 Å². The van der Waals surface area contributed by atoms with E-state index in [2.05, 4.69) is 20.6 Å². The van der Waals surface area contributed by atoms with Crippen LogP contribution >= 0.6 is 0 Å². The molecule has 4 aromatic rings. The minimum absolute atomic E-state index is 0.0486. The topological polar surface area (TPSA) is 117 Å². The highest BCUT2D eigenvalue weighted by Gasteiger charge is 2.37. The van der Waals surface area contributed by atoms with Crippen molar-refractivity contribution in [2.45, 2.75) is 50.5 Å². The quantitative estimate of drug-likeness (QED) is 0.252. The molecule has 5 rings (SSSR count). The normalized spacial score (nSPS) is 16.2. The zero-order chi connectivity index (χ0) is 27.8. The first-order valence-corrected chi connectivity index (χ1v) is 14.1. The molecule has 0 radical (unpaired) electrons. The lowest BCUT2D eigenvalue weighted by Gasteiger charge is -2.31. The molecule has 2 heterocycles. The van der Waals surface area contributed by atoms with Crippen molar-refractivity contribution in [1.29, 1.82) is 0 Å². The number of nitrogens with zero attached hydrogens (tertiary/aromatic N) is 2. The van der Waals surface area contributed by atoms with Crippen LogP contribution in [0.1, 0.15) is 60.3 Å².